The first-order valence-corrected chi connectivity index (χ1v) is 7.83. The minimum Gasteiger partial charge on any atom is -0.454 e. The molecule has 25 heavy (non-hydrogen) atoms. The first kappa shape index (κ1) is 15.1. The summed E-state index contributed by atoms with van der Waals surface area (Å²) >= 11 is 0. The topological polar surface area (TPSA) is 81.0 Å². The maximum Gasteiger partial charge on any atom is 0.340 e. The minimum absolute atomic E-state index is 0.0479. The van der Waals surface area contributed by atoms with Gasteiger partial charge in [0.2, 0.25) is 5.82 Å². The Morgan fingerprint density at radius 1 is 1.16 bits per heavy atom. The van der Waals surface area contributed by atoms with Crippen molar-refractivity contribution in [3.8, 4) is 11.5 Å². The number of esters is 1. The van der Waals surface area contributed by atoms with Gasteiger partial charge in [-0.05, 0) is 25.1 Å². The monoisotopic (exact) mass is 333 g/mol. The number of ether oxygens (including phenoxy) is 1. The number of benzene rings is 2. The van der Waals surface area contributed by atoms with Crippen molar-refractivity contribution in [3.05, 3.63) is 71.7 Å². The van der Waals surface area contributed by atoms with E-state index in [2.05, 4.69) is 15.1 Å². The van der Waals surface area contributed by atoms with Crippen LogP contribution in [0.3, 0.4) is 0 Å². The Hall–Kier alpha value is -3.41. The lowest BCUT2D eigenvalue weighted by molar-refractivity contribution is 0.0462. The minimum atomic E-state index is -0.431. The summed E-state index contributed by atoms with van der Waals surface area (Å²) in [5.41, 5.74) is 3.34. The highest BCUT2D eigenvalue weighted by molar-refractivity contribution is 6.03. The van der Waals surface area contributed by atoms with Crippen LogP contribution in [0, 0.1) is 6.92 Å². The fourth-order valence-electron chi connectivity index (χ4n) is 2.57. The normalized spacial score (nSPS) is 10.9. The maximum atomic E-state index is 12.3. The lowest BCUT2D eigenvalue weighted by Crippen LogP contribution is -2.05. The van der Waals surface area contributed by atoms with E-state index in [4.69, 9.17) is 9.26 Å². The first-order chi connectivity index (χ1) is 12.2. The molecule has 2 heterocycles. The summed E-state index contributed by atoms with van der Waals surface area (Å²) < 4.78 is 10.5. The summed E-state index contributed by atoms with van der Waals surface area (Å²) in [5.74, 6) is 0.293. The Morgan fingerprint density at radius 2 is 1.96 bits per heavy atom. The smallest absolute Gasteiger partial charge is 0.340 e. The number of fused-ring (bicyclic) bond motifs is 1. The summed E-state index contributed by atoms with van der Waals surface area (Å²) in [6, 6.07) is 15.3. The van der Waals surface area contributed by atoms with Crippen LogP contribution in [-0.4, -0.2) is 21.1 Å². The molecule has 0 unspecified atom stereocenters. The molecule has 4 rings (SSSR count). The van der Waals surface area contributed by atoms with E-state index in [1.807, 2.05) is 55.5 Å². The highest BCUT2D eigenvalue weighted by Gasteiger charge is 2.15. The molecule has 0 amide bonds. The Balaban J connectivity index is 1.46. The van der Waals surface area contributed by atoms with Crippen LogP contribution in [0.15, 0.2) is 59.3 Å². The first-order valence-electron chi connectivity index (χ1n) is 7.83. The van der Waals surface area contributed by atoms with Crippen molar-refractivity contribution in [1.29, 1.82) is 0 Å². The summed E-state index contributed by atoms with van der Waals surface area (Å²) in [7, 11) is 0. The summed E-state index contributed by atoms with van der Waals surface area (Å²) in [6.07, 6.45) is 1.64. The molecule has 2 aromatic heterocycles. The van der Waals surface area contributed by atoms with Crippen molar-refractivity contribution < 1.29 is 14.1 Å². The van der Waals surface area contributed by atoms with Crippen molar-refractivity contribution in [2.75, 3.05) is 0 Å². The molecule has 1 N–H and O–H groups in total. The van der Waals surface area contributed by atoms with Gasteiger partial charge in [-0.15, -0.1) is 0 Å². The highest BCUT2D eigenvalue weighted by atomic mass is 16.5. The van der Waals surface area contributed by atoms with Crippen LogP contribution in [0.4, 0.5) is 0 Å². The SMILES string of the molecule is Cc1ccc(-c2nc(COC(=O)c3c[nH]c4ccccc34)no2)cc1. The number of hydrogen-bond donors (Lipinski definition) is 1. The number of para-hydroxylation sites is 1. The van der Waals surface area contributed by atoms with E-state index < -0.39 is 5.97 Å². The second-order valence-corrected chi connectivity index (χ2v) is 5.71. The van der Waals surface area contributed by atoms with Crippen LogP contribution < -0.4 is 0 Å². The molecule has 6 nitrogen and oxygen atoms in total. The van der Waals surface area contributed by atoms with Crippen LogP contribution in [0.25, 0.3) is 22.4 Å². The fourth-order valence-corrected chi connectivity index (χ4v) is 2.57. The highest BCUT2D eigenvalue weighted by Crippen LogP contribution is 2.20. The van der Waals surface area contributed by atoms with E-state index in [9.17, 15) is 4.79 Å². The fraction of sp³-hybridized carbons (Fsp3) is 0.105. The van der Waals surface area contributed by atoms with E-state index in [1.54, 1.807) is 6.20 Å². The number of nitrogens with one attached hydrogen (secondary N) is 1. The predicted molar refractivity (Wildman–Crippen MR) is 91.9 cm³/mol. The van der Waals surface area contributed by atoms with Gasteiger partial charge in [0.05, 0.1) is 5.56 Å². The molecule has 0 aliphatic heterocycles. The van der Waals surface area contributed by atoms with Crippen LogP contribution in [0.5, 0.6) is 0 Å². The molecule has 0 bridgehead atoms. The third kappa shape index (κ3) is 3.01. The van der Waals surface area contributed by atoms with Gasteiger partial charge in [0.1, 0.15) is 0 Å². The van der Waals surface area contributed by atoms with Gasteiger partial charge in [0, 0.05) is 22.7 Å². The third-order valence-electron chi connectivity index (χ3n) is 3.91. The van der Waals surface area contributed by atoms with Gasteiger partial charge < -0.3 is 14.2 Å². The molecule has 0 aliphatic carbocycles. The second kappa shape index (κ2) is 6.24. The molecule has 0 saturated carbocycles. The number of aromatic nitrogens is 3. The Kier molecular flexibility index (Phi) is 3.78. The lowest BCUT2D eigenvalue weighted by Gasteiger charge is -2.00. The molecule has 124 valence electrons. The molecular weight excluding hydrogens is 318 g/mol. The quantitative estimate of drug-likeness (QED) is 0.573. The van der Waals surface area contributed by atoms with Crippen molar-refractivity contribution in [3.63, 3.8) is 0 Å². The van der Waals surface area contributed by atoms with Gasteiger partial charge in [0.25, 0.3) is 5.89 Å². The van der Waals surface area contributed by atoms with Gasteiger partial charge in [-0.3, -0.25) is 0 Å². The molecule has 0 radical (unpaired) electrons. The van der Waals surface area contributed by atoms with Gasteiger partial charge >= 0.3 is 5.97 Å². The molecular formula is C19H15N3O3. The van der Waals surface area contributed by atoms with Crippen molar-refractivity contribution in [2.24, 2.45) is 0 Å². The van der Waals surface area contributed by atoms with E-state index >= 15 is 0 Å². The molecule has 2 aromatic carbocycles. The zero-order valence-corrected chi connectivity index (χ0v) is 13.5. The Labute approximate surface area is 143 Å². The number of hydrogen-bond acceptors (Lipinski definition) is 5. The average molecular weight is 333 g/mol. The van der Waals surface area contributed by atoms with Crippen molar-refractivity contribution in [1.82, 2.24) is 15.1 Å². The Morgan fingerprint density at radius 3 is 2.80 bits per heavy atom. The van der Waals surface area contributed by atoms with Crippen LogP contribution >= 0.6 is 0 Å². The number of rotatable bonds is 4. The van der Waals surface area contributed by atoms with E-state index in [-0.39, 0.29) is 6.61 Å². The van der Waals surface area contributed by atoms with E-state index in [1.165, 1.54) is 0 Å². The summed E-state index contributed by atoms with van der Waals surface area (Å²) in [4.78, 5) is 19.6. The van der Waals surface area contributed by atoms with Crippen LogP contribution in [0.2, 0.25) is 0 Å². The molecule has 0 saturated heterocycles. The average Bonchev–Trinajstić information content (AvgIpc) is 3.27. The molecule has 0 atom stereocenters. The third-order valence-corrected chi connectivity index (χ3v) is 3.91. The number of H-pyrrole nitrogens is 1. The Bertz CT molecular complexity index is 1030. The summed E-state index contributed by atoms with van der Waals surface area (Å²) in [6.45, 7) is 1.96. The largest absolute Gasteiger partial charge is 0.454 e. The van der Waals surface area contributed by atoms with Crippen molar-refractivity contribution in [2.45, 2.75) is 13.5 Å². The predicted octanol–water partition coefficient (Wildman–Crippen LogP) is 3.88. The number of aromatic amines is 1. The van der Waals surface area contributed by atoms with Gasteiger partial charge in [-0.1, -0.05) is 41.1 Å². The summed E-state index contributed by atoms with van der Waals surface area (Å²) in [5, 5.41) is 4.68. The second-order valence-electron chi connectivity index (χ2n) is 5.71. The van der Waals surface area contributed by atoms with Gasteiger partial charge in [-0.25, -0.2) is 4.79 Å². The number of aryl methyl sites for hydroxylation is 1. The molecule has 0 spiro atoms. The maximum absolute atomic E-state index is 12.3. The molecule has 0 aliphatic rings. The number of carbonyl (C=O) groups excluding carboxylic acids is 1. The van der Waals surface area contributed by atoms with Crippen LogP contribution in [0.1, 0.15) is 21.7 Å². The zero-order valence-electron chi connectivity index (χ0n) is 13.5. The molecule has 4 aromatic rings. The van der Waals surface area contributed by atoms with E-state index in [0.717, 1.165) is 22.0 Å². The standard InChI is InChI=1S/C19H15N3O3/c1-12-6-8-13(9-7-12)18-21-17(22-25-18)11-24-19(23)15-10-20-16-5-3-2-4-14(15)16/h2-10,20H,11H2,1H3. The van der Waals surface area contributed by atoms with Gasteiger partial charge in [-0.2, -0.15) is 4.98 Å². The number of carbonyl (C=O) groups is 1. The van der Waals surface area contributed by atoms with E-state index in [0.29, 0.717) is 17.3 Å². The molecule has 6 heteroatoms. The zero-order chi connectivity index (χ0) is 17.2. The van der Waals surface area contributed by atoms with Gasteiger partial charge in [0.15, 0.2) is 6.61 Å². The lowest BCUT2D eigenvalue weighted by atomic mass is 10.1. The number of nitrogens with zero attached hydrogens (tertiary/aromatic N) is 2. The van der Waals surface area contributed by atoms with Crippen molar-refractivity contribution >= 4 is 16.9 Å². The van der Waals surface area contributed by atoms with Crippen LogP contribution in [-0.2, 0) is 11.3 Å². The molecule has 0 fully saturated rings.